The molecule has 0 spiro atoms. The Kier molecular flexibility index (Phi) is 5.68. The monoisotopic (exact) mass is 338 g/mol. The van der Waals surface area contributed by atoms with Crippen LogP contribution in [-0.2, 0) is 16.0 Å². The Hall–Kier alpha value is -1.75. The van der Waals surface area contributed by atoms with Gasteiger partial charge in [-0.3, -0.25) is 4.79 Å². The molecule has 1 heterocycles. The molecule has 0 bridgehead atoms. The molecule has 2 rings (SSSR count). The van der Waals surface area contributed by atoms with Crippen molar-refractivity contribution in [1.29, 1.82) is 0 Å². The topological polar surface area (TPSA) is 48.7 Å². The zero-order chi connectivity index (χ0) is 14.2. The fourth-order valence-electron chi connectivity index (χ4n) is 1.62. The first-order valence-electron chi connectivity index (χ1n) is 6.30. The maximum atomic E-state index is 11.5. The lowest BCUT2D eigenvalue weighted by Crippen LogP contribution is -2.12. The highest BCUT2D eigenvalue weighted by Crippen LogP contribution is 2.17. The lowest BCUT2D eigenvalue weighted by Gasteiger charge is -2.07. The van der Waals surface area contributed by atoms with Crippen LogP contribution in [0.15, 0.2) is 51.6 Å². The first-order valence-corrected chi connectivity index (χ1v) is 7.10. The molecule has 0 saturated heterocycles. The summed E-state index contributed by atoms with van der Waals surface area (Å²) in [5.74, 6) is 1.28. The Morgan fingerprint density at radius 3 is 2.85 bits per heavy atom. The minimum Gasteiger partial charge on any atom is -0.490 e. The van der Waals surface area contributed by atoms with E-state index in [1.54, 1.807) is 12.3 Å². The van der Waals surface area contributed by atoms with Gasteiger partial charge < -0.3 is 13.9 Å². The van der Waals surface area contributed by atoms with Gasteiger partial charge in [0.05, 0.1) is 12.7 Å². The Morgan fingerprint density at radius 2 is 2.10 bits per heavy atom. The quantitative estimate of drug-likeness (QED) is 0.571. The summed E-state index contributed by atoms with van der Waals surface area (Å²) >= 11 is 3.36. The van der Waals surface area contributed by atoms with Crippen molar-refractivity contribution in [3.8, 4) is 5.75 Å². The van der Waals surface area contributed by atoms with Crippen LogP contribution < -0.4 is 4.74 Å². The average Bonchev–Trinajstić information content (AvgIpc) is 2.95. The maximum absolute atomic E-state index is 11.5. The fraction of sp³-hybridized carbons (Fsp3) is 0.267. The van der Waals surface area contributed by atoms with Gasteiger partial charge in [-0.15, -0.1) is 0 Å². The van der Waals surface area contributed by atoms with Gasteiger partial charge in [-0.1, -0.05) is 22.0 Å². The van der Waals surface area contributed by atoms with Crippen molar-refractivity contribution in [2.45, 2.75) is 12.8 Å². The van der Waals surface area contributed by atoms with E-state index in [1.165, 1.54) is 0 Å². The van der Waals surface area contributed by atoms with Crippen LogP contribution in [0.2, 0.25) is 0 Å². The summed E-state index contributed by atoms with van der Waals surface area (Å²) in [4.78, 5) is 11.5. The van der Waals surface area contributed by atoms with Gasteiger partial charge in [0.25, 0.3) is 0 Å². The molecule has 106 valence electrons. The molecule has 1 aromatic carbocycles. The molecule has 0 aliphatic rings. The van der Waals surface area contributed by atoms with Gasteiger partial charge in [-0.05, 0) is 30.3 Å². The normalized spacial score (nSPS) is 10.2. The van der Waals surface area contributed by atoms with E-state index in [9.17, 15) is 4.79 Å². The summed E-state index contributed by atoms with van der Waals surface area (Å²) < 4.78 is 16.6. The van der Waals surface area contributed by atoms with Crippen molar-refractivity contribution >= 4 is 21.9 Å². The minimum absolute atomic E-state index is 0.240. The SMILES string of the molecule is O=C(CCc1ccco1)OCCOc1cccc(Br)c1. The third kappa shape index (κ3) is 5.09. The van der Waals surface area contributed by atoms with E-state index in [1.807, 2.05) is 30.3 Å². The zero-order valence-electron chi connectivity index (χ0n) is 10.9. The highest BCUT2D eigenvalue weighted by atomic mass is 79.9. The van der Waals surface area contributed by atoms with E-state index in [0.717, 1.165) is 16.0 Å². The lowest BCUT2D eigenvalue weighted by atomic mass is 10.2. The number of rotatable bonds is 7. The van der Waals surface area contributed by atoms with Crippen molar-refractivity contribution in [1.82, 2.24) is 0 Å². The molecule has 0 amide bonds. The van der Waals surface area contributed by atoms with E-state index in [-0.39, 0.29) is 12.6 Å². The highest BCUT2D eigenvalue weighted by molar-refractivity contribution is 9.10. The molecular weight excluding hydrogens is 324 g/mol. The standard InChI is InChI=1S/C15H15BrO4/c16-12-3-1-4-14(11-12)19-9-10-20-15(17)7-6-13-5-2-8-18-13/h1-5,8,11H,6-7,9-10H2. The van der Waals surface area contributed by atoms with E-state index in [2.05, 4.69) is 15.9 Å². The Bertz CT molecular complexity index is 537. The largest absolute Gasteiger partial charge is 0.490 e. The number of furan rings is 1. The van der Waals surface area contributed by atoms with Crippen molar-refractivity contribution in [3.63, 3.8) is 0 Å². The predicted molar refractivity (Wildman–Crippen MR) is 77.6 cm³/mol. The van der Waals surface area contributed by atoms with Gasteiger partial charge >= 0.3 is 5.97 Å². The van der Waals surface area contributed by atoms with Crippen molar-refractivity contribution in [2.75, 3.05) is 13.2 Å². The van der Waals surface area contributed by atoms with Crippen LogP contribution in [0, 0.1) is 0 Å². The van der Waals surface area contributed by atoms with Crippen molar-refractivity contribution in [2.24, 2.45) is 0 Å². The zero-order valence-corrected chi connectivity index (χ0v) is 12.5. The summed E-state index contributed by atoms with van der Waals surface area (Å²) in [5.41, 5.74) is 0. The summed E-state index contributed by atoms with van der Waals surface area (Å²) in [6.45, 7) is 0.576. The Balaban J connectivity index is 1.59. The van der Waals surface area contributed by atoms with E-state index in [4.69, 9.17) is 13.9 Å². The second kappa shape index (κ2) is 7.75. The molecule has 0 fully saturated rings. The average molecular weight is 339 g/mol. The van der Waals surface area contributed by atoms with Crippen LogP contribution in [0.1, 0.15) is 12.2 Å². The lowest BCUT2D eigenvalue weighted by molar-refractivity contribution is -0.144. The molecule has 4 nitrogen and oxygen atoms in total. The fourth-order valence-corrected chi connectivity index (χ4v) is 2.00. The molecule has 5 heteroatoms. The summed E-state index contributed by atoms with van der Waals surface area (Å²) in [5, 5.41) is 0. The number of benzene rings is 1. The number of hydrogen-bond donors (Lipinski definition) is 0. The number of aryl methyl sites for hydroxylation is 1. The summed E-state index contributed by atoms with van der Waals surface area (Å²) in [6.07, 6.45) is 2.45. The number of ether oxygens (including phenoxy) is 2. The van der Waals surface area contributed by atoms with E-state index < -0.39 is 0 Å². The summed E-state index contributed by atoms with van der Waals surface area (Å²) in [7, 11) is 0. The third-order valence-electron chi connectivity index (χ3n) is 2.57. The highest BCUT2D eigenvalue weighted by Gasteiger charge is 2.05. The Morgan fingerprint density at radius 1 is 1.20 bits per heavy atom. The van der Waals surface area contributed by atoms with Gasteiger partial charge in [0.1, 0.15) is 24.7 Å². The molecule has 0 N–H and O–H groups in total. The predicted octanol–water partition coefficient (Wildman–Crippen LogP) is 3.60. The first kappa shape index (κ1) is 14.7. The molecule has 20 heavy (non-hydrogen) atoms. The van der Waals surface area contributed by atoms with Crippen LogP contribution in [0.5, 0.6) is 5.75 Å². The van der Waals surface area contributed by atoms with Gasteiger partial charge in [-0.25, -0.2) is 0 Å². The number of carbonyl (C=O) groups excluding carboxylic acids is 1. The number of hydrogen-bond acceptors (Lipinski definition) is 4. The van der Waals surface area contributed by atoms with Gasteiger partial charge in [0, 0.05) is 10.9 Å². The van der Waals surface area contributed by atoms with E-state index in [0.29, 0.717) is 19.4 Å². The Labute approximate surface area is 125 Å². The van der Waals surface area contributed by atoms with Gasteiger partial charge in [0.15, 0.2) is 0 Å². The van der Waals surface area contributed by atoms with Crippen LogP contribution in [0.4, 0.5) is 0 Å². The molecule has 0 radical (unpaired) electrons. The molecule has 2 aromatic rings. The molecule has 1 aromatic heterocycles. The molecule has 0 saturated carbocycles. The second-order valence-corrected chi connectivity index (χ2v) is 5.02. The number of halogens is 1. The molecule has 0 aliphatic carbocycles. The first-order chi connectivity index (χ1) is 9.74. The van der Waals surface area contributed by atoms with Crippen LogP contribution in [0.25, 0.3) is 0 Å². The van der Waals surface area contributed by atoms with E-state index >= 15 is 0 Å². The van der Waals surface area contributed by atoms with Crippen molar-refractivity contribution in [3.05, 3.63) is 52.9 Å². The van der Waals surface area contributed by atoms with Gasteiger partial charge in [0.2, 0.25) is 0 Å². The maximum Gasteiger partial charge on any atom is 0.306 e. The minimum atomic E-state index is -0.251. The van der Waals surface area contributed by atoms with Crippen LogP contribution in [0.3, 0.4) is 0 Å². The second-order valence-electron chi connectivity index (χ2n) is 4.11. The van der Waals surface area contributed by atoms with Crippen LogP contribution in [-0.4, -0.2) is 19.2 Å². The number of esters is 1. The molecule has 0 unspecified atom stereocenters. The van der Waals surface area contributed by atoms with Crippen molar-refractivity contribution < 1.29 is 18.7 Å². The molecule has 0 aliphatic heterocycles. The number of carbonyl (C=O) groups is 1. The van der Waals surface area contributed by atoms with Gasteiger partial charge in [-0.2, -0.15) is 0 Å². The van der Waals surface area contributed by atoms with Crippen LogP contribution >= 0.6 is 15.9 Å². The third-order valence-corrected chi connectivity index (χ3v) is 3.06. The smallest absolute Gasteiger partial charge is 0.306 e. The summed E-state index contributed by atoms with van der Waals surface area (Å²) in [6, 6.07) is 11.1. The molecule has 0 atom stereocenters. The molecular formula is C15H15BrO4.